The molecule has 1 aromatic carbocycles. The van der Waals surface area contributed by atoms with Gasteiger partial charge < -0.3 is 5.32 Å². The van der Waals surface area contributed by atoms with Crippen molar-refractivity contribution in [3.05, 3.63) is 23.8 Å². The first kappa shape index (κ1) is 16.6. The van der Waals surface area contributed by atoms with Crippen LogP contribution in [-0.4, -0.2) is 27.4 Å². The SMILES string of the molecule is CNS(=O)(=O)c1ccc(NC2CCCC(F)(F)C2)c(C#N)c1. The lowest BCUT2D eigenvalue weighted by Crippen LogP contribution is -2.34. The van der Waals surface area contributed by atoms with Crippen molar-refractivity contribution in [1.29, 1.82) is 5.26 Å². The van der Waals surface area contributed by atoms with E-state index in [2.05, 4.69) is 10.0 Å². The van der Waals surface area contributed by atoms with E-state index in [0.29, 0.717) is 18.5 Å². The van der Waals surface area contributed by atoms with E-state index in [1.165, 1.54) is 25.2 Å². The number of sulfonamides is 1. The molecule has 1 aliphatic rings. The molecular formula is C14H17F2N3O2S. The number of rotatable bonds is 4. The summed E-state index contributed by atoms with van der Waals surface area (Å²) in [5, 5.41) is 12.1. The minimum Gasteiger partial charge on any atom is -0.381 e. The lowest BCUT2D eigenvalue weighted by atomic mass is 9.92. The Hall–Kier alpha value is -1.72. The van der Waals surface area contributed by atoms with Gasteiger partial charge in [-0.15, -0.1) is 0 Å². The van der Waals surface area contributed by atoms with Crippen LogP contribution >= 0.6 is 0 Å². The number of hydrogen-bond donors (Lipinski definition) is 2. The molecule has 0 spiro atoms. The van der Waals surface area contributed by atoms with Gasteiger partial charge in [0.1, 0.15) is 6.07 Å². The van der Waals surface area contributed by atoms with Gasteiger partial charge in [-0.2, -0.15) is 5.26 Å². The lowest BCUT2D eigenvalue weighted by Gasteiger charge is -2.30. The summed E-state index contributed by atoms with van der Waals surface area (Å²) in [7, 11) is -2.37. The largest absolute Gasteiger partial charge is 0.381 e. The molecule has 1 atom stereocenters. The molecule has 0 radical (unpaired) electrons. The van der Waals surface area contributed by atoms with Gasteiger partial charge in [0.15, 0.2) is 0 Å². The van der Waals surface area contributed by atoms with E-state index >= 15 is 0 Å². The smallest absolute Gasteiger partial charge is 0.250 e. The van der Waals surface area contributed by atoms with Crippen LogP contribution in [0.25, 0.3) is 0 Å². The van der Waals surface area contributed by atoms with Crippen molar-refractivity contribution in [1.82, 2.24) is 4.72 Å². The second kappa shape index (κ2) is 6.18. The molecular weight excluding hydrogens is 312 g/mol. The Morgan fingerprint density at radius 3 is 2.73 bits per heavy atom. The van der Waals surface area contributed by atoms with Gasteiger partial charge in [0.05, 0.1) is 16.1 Å². The molecule has 120 valence electrons. The summed E-state index contributed by atoms with van der Waals surface area (Å²) in [6, 6.07) is 5.49. The van der Waals surface area contributed by atoms with Gasteiger partial charge in [-0.1, -0.05) is 0 Å². The van der Waals surface area contributed by atoms with Crippen molar-refractivity contribution in [3.8, 4) is 6.07 Å². The minimum atomic E-state index is -3.65. The number of anilines is 1. The zero-order valence-corrected chi connectivity index (χ0v) is 12.9. The van der Waals surface area contributed by atoms with Gasteiger partial charge in [-0.05, 0) is 38.1 Å². The Bertz CT molecular complexity index is 699. The third-order valence-corrected chi connectivity index (χ3v) is 5.10. The van der Waals surface area contributed by atoms with E-state index in [1.54, 1.807) is 0 Å². The van der Waals surface area contributed by atoms with Crippen molar-refractivity contribution < 1.29 is 17.2 Å². The molecule has 1 aliphatic carbocycles. The fourth-order valence-electron chi connectivity index (χ4n) is 2.54. The van der Waals surface area contributed by atoms with Crippen LogP contribution < -0.4 is 10.0 Å². The van der Waals surface area contributed by atoms with E-state index in [1.807, 2.05) is 6.07 Å². The van der Waals surface area contributed by atoms with Crippen molar-refractivity contribution in [3.63, 3.8) is 0 Å². The van der Waals surface area contributed by atoms with E-state index in [9.17, 15) is 17.2 Å². The maximum absolute atomic E-state index is 13.4. The van der Waals surface area contributed by atoms with E-state index in [0.717, 1.165) is 0 Å². The Kier molecular flexibility index (Phi) is 4.68. The van der Waals surface area contributed by atoms with Gasteiger partial charge in [0, 0.05) is 18.9 Å². The summed E-state index contributed by atoms with van der Waals surface area (Å²) in [6.07, 6.45) is 0.611. The standard InChI is InChI=1S/C14H17F2N3O2S/c1-18-22(20,21)12-4-5-13(10(7-12)9-17)19-11-3-2-6-14(15,16)8-11/h4-5,7,11,18-19H,2-3,6,8H2,1H3. The Morgan fingerprint density at radius 2 is 2.14 bits per heavy atom. The maximum atomic E-state index is 13.4. The summed E-state index contributed by atoms with van der Waals surface area (Å²) in [4.78, 5) is -0.0360. The van der Waals surface area contributed by atoms with Crippen LogP contribution in [0.2, 0.25) is 0 Å². The summed E-state index contributed by atoms with van der Waals surface area (Å²) in [6.45, 7) is 0. The highest BCUT2D eigenvalue weighted by atomic mass is 32.2. The molecule has 0 saturated heterocycles. The molecule has 2 N–H and O–H groups in total. The third-order valence-electron chi connectivity index (χ3n) is 3.69. The lowest BCUT2D eigenvalue weighted by molar-refractivity contribution is -0.0373. The summed E-state index contributed by atoms with van der Waals surface area (Å²) >= 11 is 0. The zero-order chi connectivity index (χ0) is 16.4. The monoisotopic (exact) mass is 329 g/mol. The number of halogens is 2. The Labute approximate surface area is 128 Å². The molecule has 1 fully saturated rings. The van der Waals surface area contributed by atoms with Crippen molar-refractivity contribution in [2.45, 2.75) is 42.5 Å². The topological polar surface area (TPSA) is 82.0 Å². The predicted molar refractivity (Wildman–Crippen MR) is 78.2 cm³/mol. The van der Waals surface area contributed by atoms with E-state index in [4.69, 9.17) is 5.26 Å². The fraction of sp³-hybridized carbons (Fsp3) is 0.500. The quantitative estimate of drug-likeness (QED) is 0.889. The van der Waals surface area contributed by atoms with Crippen LogP contribution in [0.5, 0.6) is 0 Å². The van der Waals surface area contributed by atoms with Gasteiger partial charge in [0.25, 0.3) is 0 Å². The van der Waals surface area contributed by atoms with Crippen molar-refractivity contribution in [2.24, 2.45) is 0 Å². The molecule has 1 saturated carbocycles. The van der Waals surface area contributed by atoms with E-state index < -0.39 is 22.0 Å². The zero-order valence-electron chi connectivity index (χ0n) is 12.1. The molecule has 1 unspecified atom stereocenters. The number of hydrogen-bond acceptors (Lipinski definition) is 4. The molecule has 2 rings (SSSR count). The molecule has 8 heteroatoms. The molecule has 1 aromatic rings. The first-order chi connectivity index (χ1) is 10.3. The fourth-order valence-corrected chi connectivity index (χ4v) is 3.30. The van der Waals surface area contributed by atoms with Crippen LogP contribution in [0.3, 0.4) is 0 Å². The highest BCUT2D eigenvalue weighted by Gasteiger charge is 2.36. The van der Waals surface area contributed by atoms with Crippen LogP contribution in [0, 0.1) is 11.3 Å². The molecule has 0 aromatic heterocycles. The third kappa shape index (κ3) is 3.72. The van der Waals surface area contributed by atoms with Gasteiger partial charge in [-0.25, -0.2) is 21.9 Å². The second-order valence-corrected chi connectivity index (χ2v) is 7.21. The van der Waals surface area contributed by atoms with Crippen LogP contribution in [0.4, 0.5) is 14.5 Å². The highest BCUT2D eigenvalue weighted by Crippen LogP contribution is 2.35. The van der Waals surface area contributed by atoms with Crippen LogP contribution in [0.1, 0.15) is 31.2 Å². The molecule has 5 nitrogen and oxygen atoms in total. The Balaban J connectivity index is 2.24. The average molecular weight is 329 g/mol. The molecule has 22 heavy (non-hydrogen) atoms. The average Bonchev–Trinajstić information content (AvgIpc) is 2.46. The number of alkyl halides is 2. The first-order valence-corrected chi connectivity index (χ1v) is 8.38. The first-order valence-electron chi connectivity index (χ1n) is 6.89. The Morgan fingerprint density at radius 1 is 1.41 bits per heavy atom. The minimum absolute atomic E-state index is 0.0360. The molecule has 0 amide bonds. The van der Waals surface area contributed by atoms with Crippen molar-refractivity contribution >= 4 is 15.7 Å². The normalized spacial score (nSPS) is 21.1. The number of nitrogens with zero attached hydrogens (tertiary/aromatic N) is 1. The highest BCUT2D eigenvalue weighted by molar-refractivity contribution is 7.89. The van der Waals surface area contributed by atoms with Gasteiger partial charge in [0.2, 0.25) is 15.9 Å². The summed E-state index contributed by atoms with van der Waals surface area (Å²) in [5.74, 6) is -2.70. The summed E-state index contributed by atoms with van der Waals surface area (Å²) in [5.41, 5.74) is 0.491. The maximum Gasteiger partial charge on any atom is 0.250 e. The van der Waals surface area contributed by atoms with Crippen LogP contribution in [-0.2, 0) is 10.0 Å². The molecule has 0 bridgehead atoms. The number of nitriles is 1. The van der Waals surface area contributed by atoms with Crippen molar-refractivity contribution in [2.75, 3.05) is 12.4 Å². The number of benzene rings is 1. The molecule has 0 aliphatic heterocycles. The number of nitrogens with one attached hydrogen (secondary N) is 2. The molecule has 0 heterocycles. The van der Waals surface area contributed by atoms with Crippen LogP contribution in [0.15, 0.2) is 23.1 Å². The summed E-state index contributed by atoms with van der Waals surface area (Å²) < 4.78 is 52.4. The predicted octanol–water partition coefficient (Wildman–Crippen LogP) is 2.46. The van der Waals surface area contributed by atoms with Gasteiger partial charge in [-0.3, -0.25) is 0 Å². The van der Waals surface area contributed by atoms with Gasteiger partial charge >= 0.3 is 0 Å². The second-order valence-electron chi connectivity index (χ2n) is 5.32. The van der Waals surface area contributed by atoms with E-state index in [-0.39, 0.29) is 23.3 Å².